The van der Waals surface area contributed by atoms with Gasteiger partial charge >= 0.3 is 0 Å². The van der Waals surface area contributed by atoms with Gasteiger partial charge in [0.05, 0.1) is 0 Å². The van der Waals surface area contributed by atoms with Gasteiger partial charge in [-0.1, -0.05) is 82.0 Å². The van der Waals surface area contributed by atoms with Crippen LogP contribution < -0.4 is 10.6 Å². The van der Waals surface area contributed by atoms with E-state index in [0.717, 1.165) is 37.7 Å². The normalized spacial score (nSPS) is 14.0. The third kappa shape index (κ3) is 6.77. The molecule has 0 fully saturated rings. The van der Waals surface area contributed by atoms with Gasteiger partial charge in [-0.2, -0.15) is 0 Å². The van der Waals surface area contributed by atoms with E-state index in [-0.39, 0.29) is 23.7 Å². The third-order valence-corrected chi connectivity index (χ3v) is 6.41. The lowest BCUT2D eigenvalue weighted by Gasteiger charge is -2.25. The maximum atomic E-state index is 13.0. The molecule has 0 spiro atoms. The Morgan fingerprint density at radius 2 is 1.90 bits per heavy atom. The zero-order chi connectivity index (χ0) is 22.1. The van der Waals surface area contributed by atoms with Crippen LogP contribution in [0.25, 0.3) is 10.6 Å². The zero-order valence-corrected chi connectivity index (χ0v) is 19.6. The number of aromatic nitrogens is 2. The summed E-state index contributed by atoms with van der Waals surface area (Å²) in [7, 11) is 0. The van der Waals surface area contributed by atoms with Gasteiger partial charge in [0.1, 0.15) is 11.0 Å². The van der Waals surface area contributed by atoms with Crippen molar-refractivity contribution in [3.05, 3.63) is 29.3 Å². The number of halogens is 1. The predicted octanol–water partition coefficient (Wildman–Crippen LogP) is 5.54. The van der Waals surface area contributed by atoms with Crippen molar-refractivity contribution in [3.8, 4) is 10.6 Å². The van der Waals surface area contributed by atoms with Crippen molar-refractivity contribution in [1.82, 2.24) is 15.5 Å². The molecule has 0 saturated heterocycles. The first-order chi connectivity index (χ1) is 14.4. The first-order valence-electron chi connectivity index (χ1n) is 10.6. The topological polar surface area (TPSA) is 84.0 Å². The van der Waals surface area contributed by atoms with Crippen LogP contribution in [0.5, 0.6) is 0 Å². The summed E-state index contributed by atoms with van der Waals surface area (Å²) in [5.41, 5.74) is 0.842. The molecule has 1 aromatic carbocycles. The second kappa shape index (κ2) is 12.0. The molecule has 2 amide bonds. The number of nitrogens with zero attached hydrogens (tertiary/aromatic N) is 2. The summed E-state index contributed by atoms with van der Waals surface area (Å²) in [4.78, 5) is 25.7. The van der Waals surface area contributed by atoms with Crippen LogP contribution in [-0.4, -0.2) is 28.1 Å². The Bertz CT molecular complexity index is 842. The molecule has 1 heterocycles. The largest absolute Gasteiger partial charge is 0.344 e. The molecular formula is C22H31ClN4O2S. The number of hydrogen-bond acceptors (Lipinski definition) is 5. The molecule has 0 bridgehead atoms. The van der Waals surface area contributed by atoms with Crippen LogP contribution in [0.15, 0.2) is 24.3 Å². The number of anilines is 1. The number of benzene rings is 1. The van der Waals surface area contributed by atoms with E-state index in [1.54, 1.807) is 12.1 Å². The van der Waals surface area contributed by atoms with E-state index in [1.807, 2.05) is 32.9 Å². The van der Waals surface area contributed by atoms with Gasteiger partial charge in [0.15, 0.2) is 0 Å². The van der Waals surface area contributed by atoms with Crippen molar-refractivity contribution < 1.29 is 9.59 Å². The van der Waals surface area contributed by atoms with E-state index in [0.29, 0.717) is 15.2 Å². The lowest BCUT2D eigenvalue weighted by molar-refractivity contribution is -0.130. The van der Waals surface area contributed by atoms with Gasteiger partial charge in [0, 0.05) is 16.5 Å². The van der Waals surface area contributed by atoms with Gasteiger partial charge < -0.3 is 5.32 Å². The summed E-state index contributed by atoms with van der Waals surface area (Å²) < 4.78 is 0. The molecule has 8 heteroatoms. The van der Waals surface area contributed by atoms with Crippen molar-refractivity contribution in [1.29, 1.82) is 0 Å². The number of nitrogens with one attached hydrogen (secondary N) is 2. The molecule has 1 aromatic heterocycles. The van der Waals surface area contributed by atoms with Crippen molar-refractivity contribution in [2.45, 2.75) is 65.8 Å². The van der Waals surface area contributed by atoms with Crippen LogP contribution in [0.1, 0.15) is 59.8 Å². The molecule has 0 aliphatic carbocycles. The highest BCUT2D eigenvalue weighted by atomic mass is 35.5. The van der Waals surface area contributed by atoms with Gasteiger partial charge in [-0.15, -0.1) is 10.2 Å². The fraction of sp³-hybridized carbons (Fsp3) is 0.545. The van der Waals surface area contributed by atoms with E-state index in [2.05, 4.69) is 27.8 Å². The highest BCUT2D eigenvalue weighted by Crippen LogP contribution is 2.28. The maximum Gasteiger partial charge on any atom is 0.249 e. The summed E-state index contributed by atoms with van der Waals surface area (Å²) in [6.07, 6.45) is 4.43. The van der Waals surface area contributed by atoms with E-state index < -0.39 is 6.04 Å². The van der Waals surface area contributed by atoms with Crippen LogP contribution >= 0.6 is 22.9 Å². The monoisotopic (exact) mass is 450 g/mol. The van der Waals surface area contributed by atoms with Crippen LogP contribution in [0.4, 0.5) is 5.13 Å². The van der Waals surface area contributed by atoms with Crippen LogP contribution in [0.3, 0.4) is 0 Å². The van der Waals surface area contributed by atoms with Crippen LogP contribution in [-0.2, 0) is 9.59 Å². The Morgan fingerprint density at radius 1 is 1.13 bits per heavy atom. The van der Waals surface area contributed by atoms with E-state index in [1.165, 1.54) is 11.3 Å². The van der Waals surface area contributed by atoms with Crippen LogP contribution in [0.2, 0.25) is 5.02 Å². The highest BCUT2D eigenvalue weighted by molar-refractivity contribution is 7.18. The van der Waals surface area contributed by atoms with Crippen molar-refractivity contribution in [2.24, 2.45) is 11.8 Å². The minimum Gasteiger partial charge on any atom is -0.344 e. The number of carbonyl (C=O) groups excluding carboxylic acids is 2. The first kappa shape index (κ1) is 24.3. The quantitative estimate of drug-likeness (QED) is 0.470. The molecule has 0 radical (unpaired) electrons. The Balaban J connectivity index is 2.09. The fourth-order valence-electron chi connectivity index (χ4n) is 3.14. The van der Waals surface area contributed by atoms with Crippen molar-refractivity contribution in [3.63, 3.8) is 0 Å². The Labute approximate surface area is 187 Å². The maximum absolute atomic E-state index is 13.0. The first-order valence-corrected chi connectivity index (χ1v) is 11.8. The molecule has 0 aliphatic rings. The Hall–Kier alpha value is -1.99. The second-order valence-corrected chi connectivity index (χ2v) is 8.95. The molecule has 2 N–H and O–H groups in total. The van der Waals surface area contributed by atoms with Crippen LogP contribution in [0, 0.1) is 11.8 Å². The Morgan fingerprint density at radius 3 is 2.53 bits per heavy atom. The summed E-state index contributed by atoms with van der Waals surface area (Å²) >= 11 is 7.32. The molecule has 0 aliphatic heterocycles. The third-order valence-electron chi connectivity index (χ3n) is 5.29. The molecule has 0 saturated carbocycles. The van der Waals surface area contributed by atoms with E-state index in [4.69, 9.17) is 11.6 Å². The standard InChI is InChI=1S/C22H31ClN4O2S/c1-5-8-10-15(7-3)19(28)24-18(14(4)6-2)20(29)25-22-27-26-21(30-22)16-11-9-12-17(23)13-16/h9,11-15,18H,5-8,10H2,1-4H3,(H,24,28)(H,25,27,29). The molecule has 6 nitrogen and oxygen atoms in total. The zero-order valence-electron chi connectivity index (χ0n) is 18.1. The van der Waals surface area contributed by atoms with Gasteiger partial charge in [0.25, 0.3) is 0 Å². The van der Waals surface area contributed by atoms with E-state index in [9.17, 15) is 9.59 Å². The van der Waals surface area contributed by atoms with Gasteiger partial charge in [-0.05, 0) is 30.9 Å². The number of carbonyl (C=O) groups is 2. The second-order valence-electron chi connectivity index (χ2n) is 7.53. The minimum absolute atomic E-state index is 0.00190. The number of hydrogen-bond donors (Lipinski definition) is 2. The summed E-state index contributed by atoms with van der Waals surface area (Å²) in [5.74, 6) is -0.390. The lowest BCUT2D eigenvalue weighted by atomic mass is 9.94. The minimum atomic E-state index is -0.614. The molecule has 2 aromatic rings. The number of unbranched alkanes of at least 4 members (excludes halogenated alkanes) is 1. The SMILES string of the molecule is CCCCC(CC)C(=O)NC(C(=O)Nc1nnc(-c2cccc(Cl)c2)s1)C(C)CC. The molecule has 164 valence electrons. The average molecular weight is 451 g/mol. The highest BCUT2D eigenvalue weighted by Gasteiger charge is 2.29. The van der Waals surface area contributed by atoms with Gasteiger partial charge in [0.2, 0.25) is 16.9 Å². The lowest BCUT2D eigenvalue weighted by Crippen LogP contribution is -2.49. The van der Waals surface area contributed by atoms with Crippen molar-refractivity contribution in [2.75, 3.05) is 5.32 Å². The molecular weight excluding hydrogens is 420 g/mol. The summed E-state index contributed by atoms with van der Waals surface area (Å²) in [5, 5.41) is 15.7. The predicted molar refractivity (Wildman–Crippen MR) is 124 cm³/mol. The molecule has 2 rings (SSSR count). The Kier molecular flexibility index (Phi) is 9.72. The van der Waals surface area contributed by atoms with Gasteiger partial charge in [-0.3, -0.25) is 14.9 Å². The fourth-order valence-corrected chi connectivity index (χ4v) is 4.07. The molecule has 3 atom stereocenters. The molecule has 3 unspecified atom stereocenters. The van der Waals surface area contributed by atoms with Crippen molar-refractivity contribution >= 4 is 39.9 Å². The summed E-state index contributed by atoms with van der Waals surface area (Å²) in [6, 6.07) is 6.71. The summed E-state index contributed by atoms with van der Waals surface area (Å²) in [6.45, 7) is 8.10. The average Bonchev–Trinajstić information content (AvgIpc) is 3.20. The smallest absolute Gasteiger partial charge is 0.249 e. The number of amides is 2. The number of rotatable bonds is 11. The van der Waals surface area contributed by atoms with Gasteiger partial charge in [-0.25, -0.2) is 0 Å². The van der Waals surface area contributed by atoms with E-state index >= 15 is 0 Å². The molecule has 30 heavy (non-hydrogen) atoms.